The Morgan fingerprint density at radius 1 is 1.16 bits per heavy atom. The van der Waals surface area contributed by atoms with Crippen LogP contribution in [0.25, 0.3) is 0 Å². The lowest BCUT2D eigenvalue weighted by atomic mass is 9.73. The second-order valence-corrected chi connectivity index (χ2v) is 10.2. The number of carbonyl (C=O) groups is 1. The SMILES string of the molecule is CCOc1cccc(CN2[C@@H](CCO)[C@@H](N)[C@H](c3cccc(Cl)c3F)[C@]23C(=O)Nc2cc(Cl)ccc23)c1. The van der Waals surface area contributed by atoms with Crippen molar-refractivity contribution in [1.82, 2.24) is 4.90 Å². The number of nitrogens with zero attached hydrogens (tertiary/aromatic N) is 1. The number of aliphatic hydroxyl groups is 1. The molecule has 9 heteroatoms. The monoisotopic (exact) mass is 543 g/mol. The van der Waals surface area contributed by atoms with Crippen molar-refractivity contribution in [2.75, 3.05) is 18.5 Å². The van der Waals surface area contributed by atoms with E-state index in [0.29, 0.717) is 41.6 Å². The maximum Gasteiger partial charge on any atom is 0.250 e. The van der Waals surface area contributed by atoms with Crippen molar-refractivity contribution in [2.45, 2.75) is 43.4 Å². The number of hydrogen-bond donors (Lipinski definition) is 3. The second-order valence-electron chi connectivity index (χ2n) is 9.40. The minimum atomic E-state index is -1.37. The zero-order valence-electron chi connectivity index (χ0n) is 20.3. The van der Waals surface area contributed by atoms with Gasteiger partial charge in [-0.1, -0.05) is 53.5 Å². The summed E-state index contributed by atoms with van der Waals surface area (Å²) in [6.07, 6.45) is 0.295. The highest BCUT2D eigenvalue weighted by Gasteiger charge is 2.66. The first-order valence-corrected chi connectivity index (χ1v) is 13.0. The fraction of sp³-hybridized carbons (Fsp3) is 0.321. The number of nitrogens with two attached hydrogens (primary N) is 1. The van der Waals surface area contributed by atoms with Gasteiger partial charge in [-0.05, 0) is 54.8 Å². The van der Waals surface area contributed by atoms with E-state index in [1.807, 2.05) is 36.1 Å². The van der Waals surface area contributed by atoms with Crippen molar-refractivity contribution >= 4 is 34.8 Å². The molecule has 3 aromatic rings. The molecule has 0 aliphatic carbocycles. The van der Waals surface area contributed by atoms with E-state index in [1.165, 1.54) is 6.07 Å². The molecule has 0 bridgehead atoms. The fourth-order valence-electron chi connectivity index (χ4n) is 6.05. The molecular formula is C28H28Cl2FN3O3. The highest BCUT2D eigenvalue weighted by atomic mass is 35.5. The molecule has 0 saturated carbocycles. The Labute approximate surface area is 225 Å². The van der Waals surface area contributed by atoms with Crippen LogP contribution in [0.4, 0.5) is 10.1 Å². The second kappa shape index (κ2) is 10.2. The predicted octanol–water partition coefficient (Wildman–Crippen LogP) is 5.06. The van der Waals surface area contributed by atoms with Crippen molar-refractivity contribution < 1.29 is 19.0 Å². The van der Waals surface area contributed by atoms with Crippen LogP contribution in [-0.2, 0) is 16.9 Å². The summed E-state index contributed by atoms with van der Waals surface area (Å²) in [5.41, 5.74) is 7.88. The average Bonchev–Trinajstić information content (AvgIpc) is 3.27. The van der Waals surface area contributed by atoms with Crippen LogP contribution in [0, 0.1) is 5.82 Å². The summed E-state index contributed by atoms with van der Waals surface area (Å²) in [4.78, 5) is 16.1. The average molecular weight is 544 g/mol. The fourth-order valence-corrected chi connectivity index (χ4v) is 6.40. The van der Waals surface area contributed by atoms with E-state index >= 15 is 4.39 Å². The summed E-state index contributed by atoms with van der Waals surface area (Å²) in [5, 5.41) is 13.4. The van der Waals surface area contributed by atoms with Gasteiger partial charge in [0.2, 0.25) is 5.91 Å². The van der Waals surface area contributed by atoms with Crippen molar-refractivity contribution in [3.63, 3.8) is 0 Å². The van der Waals surface area contributed by atoms with Gasteiger partial charge in [-0.3, -0.25) is 9.69 Å². The third kappa shape index (κ3) is 4.19. The van der Waals surface area contributed by atoms with Gasteiger partial charge in [0.15, 0.2) is 0 Å². The minimum absolute atomic E-state index is 0.0452. The van der Waals surface area contributed by atoms with E-state index in [9.17, 15) is 9.90 Å². The van der Waals surface area contributed by atoms with Gasteiger partial charge in [0.25, 0.3) is 0 Å². The molecule has 5 rings (SSSR count). The van der Waals surface area contributed by atoms with Crippen molar-refractivity contribution in [1.29, 1.82) is 0 Å². The van der Waals surface area contributed by atoms with Gasteiger partial charge in [-0.15, -0.1) is 0 Å². The lowest BCUT2D eigenvalue weighted by Crippen LogP contribution is -2.51. The van der Waals surface area contributed by atoms with Crippen LogP contribution in [0.3, 0.4) is 0 Å². The molecule has 4 N–H and O–H groups in total. The lowest BCUT2D eigenvalue weighted by molar-refractivity contribution is -0.128. The smallest absolute Gasteiger partial charge is 0.250 e. The van der Waals surface area contributed by atoms with Crippen molar-refractivity contribution in [3.8, 4) is 5.75 Å². The van der Waals surface area contributed by atoms with Gasteiger partial charge in [-0.2, -0.15) is 0 Å². The molecule has 2 aliphatic heterocycles. The van der Waals surface area contributed by atoms with Crippen molar-refractivity contribution in [2.24, 2.45) is 5.73 Å². The van der Waals surface area contributed by atoms with E-state index in [1.54, 1.807) is 30.3 Å². The van der Waals surface area contributed by atoms with Crippen LogP contribution in [0.5, 0.6) is 5.75 Å². The number of amides is 1. The molecule has 4 atom stereocenters. The number of hydrogen-bond acceptors (Lipinski definition) is 5. The van der Waals surface area contributed by atoms with Gasteiger partial charge >= 0.3 is 0 Å². The first-order chi connectivity index (χ1) is 17.8. The highest BCUT2D eigenvalue weighted by molar-refractivity contribution is 6.31. The molecule has 0 aromatic heterocycles. The Morgan fingerprint density at radius 3 is 2.70 bits per heavy atom. The molecular weight excluding hydrogens is 516 g/mol. The van der Waals surface area contributed by atoms with Crippen LogP contribution in [0.2, 0.25) is 10.0 Å². The van der Waals surface area contributed by atoms with Crippen LogP contribution < -0.4 is 15.8 Å². The molecule has 2 heterocycles. The molecule has 1 spiro atoms. The van der Waals surface area contributed by atoms with Crippen LogP contribution in [0.15, 0.2) is 60.7 Å². The molecule has 6 nitrogen and oxygen atoms in total. The summed E-state index contributed by atoms with van der Waals surface area (Å²) in [6.45, 7) is 2.59. The van der Waals surface area contributed by atoms with Gasteiger partial charge in [0.1, 0.15) is 17.1 Å². The largest absolute Gasteiger partial charge is 0.494 e. The molecule has 1 fully saturated rings. The Morgan fingerprint density at radius 2 is 1.95 bits per heavy atom. The Hall–Kier alpha value is -2.68. The van der Waals surface area contributed by atoms with Gasteiger partial charge < -0.3 is 20.9 Å². The van der Waals surface area contributed by atoms with E-state index in [-0.39, 0.29) is 23.1 Å². The number of benzene rings is 3. The molecule has 1 amide bonds. The molecule has 3 aromatic carbocycles. The number of halogens is 3. The number of carbonyl (C=O) groups excluding carboxylic acids is 1. The summed E-state index contributed by atoms with van der Waals surface area (Å²) >= 11 is 12.5. The highest BCUT2D eigenvalue weighted by Crippen LogP contribution is 2.58. The quantitative estimate of drug-likeness (QED) is 0.387. The van der Waals surface area contributed by atoms with E-state index in [2.05, 4.69) is 5.32 Å². The maximum atomic E-state index is 15.6. The number of likely N-dealkylation sites (tertiary alicyclic amines) is 1. The molecule has 2 aliphatic rings. The molecule has 0 unspecified atom stereocenters. The normalized spacial score (nSPS) is 24.9. The van der Waals surface area contributed by atoms with Crippen molar-refractivity contribution in [3.05, 3.63) is 93.2 Å². The van der Waals surface area contributed by atoms with Gasteiger partial charge in [0.05, 0.1) is 11.6 Å². The number of anilines is 1. The molecule has 0 radical (unpaired) electrons. The zero-order chi connectivity index (χ0) is 26.3. The summed E-state index contributed by atoms with van der Waals surface area (Å²) in [7, 11) is 0. The van der Waals surface area contributed by atoms with E-state index in [0.717, 1.165) is 5.56 Å². The third-order valence-corrected chi connectivity index (χ3v) is 7.95. The van der Waals surface area contributed by atoms with E-state index in [4.69, 9.17) is 33.7 Å². The van der Waals surface area contributed by atoms with Crippen LogP contribution in [-0.4, -0.2) is 41.2 Å². The standard InChI is InChI=1S/C28H28Cl2FN3O3/c1-2-37-18-6-3-5-16(13-18)15-34-23(11-12-35)26(32)24(19-7-4-8-21(30)25(19)31)28(34)20-10-9-17(29)14-22(20)33-27(28)36/h3-10,13-14,23-24,26,35H,2,11-12,15,32H2,1H3,(H,33,36)/t23-,24-,26+,28+/m0/s1. The summed E-state index contributed by atoms with van der Waals surface area (Å²) < 4.78 is 21.3. The molecule has 37 heavy (non-hydrogen) atoms. The van der Waals surface area contributed by atoms with Crippen LogP contribution in [0.1, 0.15) is 36.0 Å². The number of ether oxygens (including phenoxy) is 1. The zero-order valence-corrected chi connectivity index (χ0v) is 21.8. The Kier molecular flexibility index (Phi) is 7.18. The van der Waals surface area contributed by atoms with Gasteiger partial charge in [-0.25, -0.2) is 4.39 Å². The number of nitrogens with one attached hydrogen (secondary N) is 1. The number of fused-ring (bicyclic) bond motifs is 2. The summed E-state index contributed by atoms with van der Waals surface area (Å²) in [6, 6.07) is 16.4. The van der Waals surface area contributed by atoms with Gasteiger partial charge in [0, 0.05) is 47.4 Å². The first-order valence-electron chi connectivity index (χ1n) is 12.2. The minimum Gasteiger partial charge on any atom is -0.494 e. The first kappa shape index (κ1) is 25.9. The third-order valence-electron chi connectivity index (χ3n) is 7.42. The molecule has 1 saturated heterocycles. The number of rotatable bonds is 7. The number of aliphatic hydroxyl groups excluding tert-OH is 1. The van der Waals surface area contributed by atoms with Crippen LogP contribution >= 0.6 is 23.2 Å². The van der Waals surface area contributed by atoms with E-state index < -0.39 is 29.4 Å². The maximum absolute atomic E-state index is 15.6. The summed E-state index contributed by atoms with van der Waals surface area (Å²) in [5.74, 6) is -1.02. The topological polar surface area (TPSA) is 87.8 Å². The molecule has 194 valence electrons. The Balaban J connectivity index is 1.75. The predicted molar refractivity (Wildman–Crippen MR) is 143 cm³/mol. The Bertz CT molecular complexity index is 1340. The lowest BCUT2D eigenvalue weighted by Gasteiger charge is -2.39.